The summed E-state index contributed by atoms with van der Waals surface area (Å²) >= 11 is 0. The van der Waals surface area contributed by atoms with E-state index in [0.29, 0.717) is 12.2 Å². The number of nitrogens with one attached hydrogen (secondary N) is 1. The van der Waals surface area contributed by atoms with Crippen molar-refractivity contribution < 1.29 is 24.2 Å². The molecule has 8 heteroatoms. The van der Waals surface area contributed by atoms with E-state index in [1.165, 1.54) is 6.07 Å². The molecular formula is C13H15N3O5. The van der Waals surface area contributed by atoms with E-state index in [1.807, 2.05) is 5.32 Å². The van der Waals surface area contributed by atoms with Gasteiger partial charge in [0.15, 0.2) is 5.75 Å². The van der Waals surface area contributed by atoms with Crippen LogP contribution in [-0.4, -0.2) is 42.2 Å². The maximum Gasteiger partial charge on any atom is 0.339 e. The largest absolute Gasteiger partial charge is 0.489 e. The van der Waals surface area contributed by atoms with E-state index >= 15 is 0 Å². The van der Waals surface area contributed by atoms with Gasteiger partial charge in [-0.25, -0.2) is 9.59 Å². The molecule has 1 unspecified atom stereocenters. The molecule has 4 N–H and O–H groups in total. The third kappa shape index (κ3) is 2.88. The molecule has 1 aliphatic rings. The second-order valence-electron chi connectivity index (χ2n) is 4.53. The number of amides is 3. The van der Waals surface area contributed by atoms with Crippen LogP contribution in [0.5, 0.6) is 5.75 Å². The Kier molecular flexibility index (Phi) is 3.97. The van der Waals surface area contributed by atoms with Crippen molar-refractivity contribution >= 4 is 23.6 Å². The number of rotatable bonds is 3. The molecule has 0 fully saturated rings. The predicted molar refractivity (Wildman–Crippen MR) is 73.4 cm³/mol. The normalized spacial score (nSPS) is 14.6. The van der Waals surface area contributed by atoms with Crippen LogP contribution in [0.4, 0.5) is 10.5 Å². The number of carbonyl (C=O) groups is 3. The first-order valence-electron chi connectivity index (χ1n) is 6.28. The number of fused-ring (bicyclic) bond motifs is 1. The van der Waals surface area contributed by atoms with Gasteiger partial charge in [0.25, 0.3) is 0 Å². The van der Waals surface area contributed by atoms with Crippen molar-refractivity contribution in [3.63, 3.8) is 0 Å². The SMILES string of the molecule is CC(C(=O)NC(N)=O)N1CCOc2c(C(=O)O)cccc21. The van der Waals surface area contributed by atoms with Crippen molar-refractivity contribution in [3.05, 3.63) is 23.8 Å². The zero-order chi connectivity index (χ0) is 15.6. The Balaban J connectivity index is 2.34. The number of anilines is 1. The lowest BCUT2D eigenvalue weighted by Crippen LogP contribution is -2.50. The van der Waals surface area contributed by atoms with Crippen LogP contribution in [-0.2, 0) is 4.79 Å². The lowest BCUT2D eigenvalue weighted by molar-refractivity contribution is -0.121. The topological polar surface area (TPSA) is 122 Å². The molecule has 8 nitrogen and oxygen atoms in total. The Bertz CT molecular complexity index is 601. The van der Waals surface area contributed by atoms with Crippen molar-refractivity contribution in [2.45, 2.75) is 13.0 Å². The summed E-state index contributed by atoms with van der Waals surface area (Å²) in [5, 5.41) is 11.2. The van der Waals surface area contributed by atoms with Crippen LogP contribution in [0.25, 0.3) is 0 Å². The van der Waals surface area contributed by atoms with E-state index in [4.69, 9.17) is 15.6 Å². The van der Waals surface area contributed by atoms with Crippen LogP contribution in [0.2, 0.25) is 0 Å². The molecule has 2 rings (SSSR count). The molecule has 0 aliphatic carbocycles. The summed E-state index contributed by atoms with van der Waals surface area (Å²) in [5.41, 5.74) is 5.45. The van der Waals surface area contributed by atoms with Crippen LogP contribution >= 0.6 is 0 Å². The van der Waals surface area contributed by atoms with Gasteiger partial charge in [-0.3, -0.25) is 10.1 Å². The quantitative estimate of drug-likeness (QED) is 0.730. The second kappa shape index (κ2) is 5.70. The van der Waals surface area contributed by atoms with Gasteiger partial charge in [-0.2, -0.15) is 0 Å². The number of urea groups is 1. The number of nitrogens with zero attached hydrogens (tertiary/aromatic N) is 1. The Morgan fingerprint density at radius 2 is 2.14 bits per heavy atom. The number of hydrogen-bond donors (Lipinski definition) is 3. The number of carbonyl (C=O) groups excluding carboxylic acids is 2. The highest BCUT2D eigenvalue weighted by Crippen LogP contribution is 2.36. The maximum absolute atomic E-state index is 11.9. The number of para-hydroxylation sites is 1. The number of ether oxygens (including phenoxy) is 1. The number of aromatic carboxylic acids is 1. The molecule has 1 aliphatic heterocycles. The first-order chi connectivity index (χ1) is 9.91. The van der Waals surface area contributed by atoms with Gasteiger partial charge in [-0.15, -0.1) is 0 Å². The molecule has 0 spiro atoms. The predicted octanol–water partition coefficient (Wildman–Crippen LogP) is 0.167. The summed E-state index contributed by atoms with van der Waals surface area (Å²) in [6, 6.07) is 3.04. The van der Waals surface area contributed by atoms with Crippen molar-refractivity contribution in [3.8, 4) is 5.75 Å². The average Bonchev–Trinajstić information content (AvgIpc) is 2.44. The van der Waals surface area contributed by atoms with E-state index in [9.17, 15) is 14.4 Å². The number of imide groups is 1. The molecule has 21 heavy (non-hydrogen) atoms. The van der Waals surface area contributed by atoms with Crippen molar-refractivity contribution in [2.75, 3.05) is 18.1 Å². The minimum absolute atomic E-state index is 0.0275. The number of hydrogen-bond acceptors (Lipinski definition) is 5. The zero-order valence-electron chi connectivity index (χ0n) is 11.3. The monoisotopic (exact) mass is 293 g/mol. The molecule has 0 radical (unpaired) electrons. The molecule has 0 bridgehead atoms. The summed E-state index contributed by atoms with van der Waals surface area (Å²) in [7, 11) is 0. The van der Waals surface area contributed by atoms with E-state index in [1.54, 1.807) is 24.0 Å². The fraction of sp³-hybridized carbons (Fsp3) is 0.308. The van der Waals surface area contributed by atoms with E-state index in [2.05, 4.69) is 0 Å². The third-order valence-electron chi connectivity index (χ3n) is 3.21. The van der Waals surface area contributed by atoms with Crippen molar-refractivity contribution in [2.24, 2.45) is 5.73 Å². The number of carboxylic acids is 1. The van der Waals surface area contributed by atoms with Gasteiger partial charge in [-0.05, 0) is 19.1 Å². The molecular weight excluding hydrogens is 278 g/mol. The molecule has 112 valence electrons. The second-order valence-corrected chi connectivity index (χ2v) is 4.53. The van der Waals surface area contributed by atoms with Crippen molar-refractivity contribution in [1.29, 1.82) is 0 Å². The molecule has 0 aromatic heterocycles. The van der Waals surface area contributed by atoms with E-state index in [0.717, 1.165) is 0 Å². The van der Waals surface area contributed by atoms with Crippen LogP contribution in [0.3, 0.4) is 0 Å². The first kappa shape index (κ1) is 14.6. The van der Waals surface area contributed by atoms with Gasteiger partial charge >= 0.3 is 12.0 Å². The molecule has 0 saturated heterocycles. The van der Waals surface area contributed by atoms with Gasteiger partial charge in [0, 0.05) is 0 Å². The minimum atomic E-state index is -1.11. The Morgan fingerprint density at radius 3 is 2.76 bits per heavy atom. The number of carboxylic acid groups (broad SMARTS) is 1. The summed E-state index contributed by atoms with van der Waals surface area (Å²) in [5.74, 6) is -1.45. The van der Waals surface area contributed by atoms with E-state index in [-0.39, 0.29) is 17.9 Å². The highest BCUT2D eigenvalue weighted by molar-refractivity contribution is 5.99. The molecule has 1 atom stereocenters. The lowest BCUT2D eigenvalue weighted by atomic mass is 10.1. The highest BCUT2D eigenvalue weighted by Gasteiger charge is 2.30. The molecule has 1 aromatic rings. The number of benzene rings is 1. The Labute approximate surface area is 120 Å². The van der Waals surface area contributed by atoms with Crippen LogP contribution in [0.1, 0.15) is 17.3 Å². The summed E-state index contributed by atoms with van der Waals surface area (Å²) in [4.78, 5) is 35.5. The Hall–Kier alpha value is -2.77. The van der Waals surface area contributed by atoms with Gasteiger partial charge < -0.3 is 20.5 Å². The van der Waals surface area contributed by atoms with Gasteiger partial charge in [0.2, 0.25) is 5.91 Å². The number of nitrogens with two attached hydrogens (primary N) is 1. The van der Waals surface area contributed by atoms with Gasteiger partial charge in [0.05, 0.1) is 12.2 Å². The molecule has 1 heterocycles. The van der Waals surface area contributed by atoms with Gasteiger partial charge in [-0.1, -0.05) is 6.07 Å². The maximum atomic E-state index is 11.9. The highest BCUT2D eigenvalue weighted by atomic mass is 16.5. The molecule has 0 saturated carbocycles. The summed E-state index contributed by atoms with van der Waals surface area (Å²) < 4.78 is 5.41. The fourth-order valence-electron chi connectivity index (χ4n) is 2.21. The van der Waals surface area contributed by atoms with Gasteiger partial charge in [0.1, 0.15) is 18.2 Å². The first-order valence-corrected chi connectivity index (χ1v) is 6.28. The molecule has 1 aromatic carbocycles. The zero-order valence-corrected chi connectivity index (χ0v) is 11.3. The smallest absolute Gasteiger partial charge is 0.339 e. The van der Waals surface area contributed by atoms with Crippen LogP contribution in [0.15, 0.2) is 18.2 Å². The summed E-state index contributed by atoms with van der Waals surface area (Å²) in [6.07, 6.45) is 0. The fourth-order valence-corrected chi connectivity index (χ4v) is 2.21. The average molecular weight is 293 g/mol. The third-order valence-corrected chi connectivity index (χ3v) is 3.21. The van der Waals surface area contributed by atoms with Crippen LogP contribution < -0.4 is 20.7 Å². The lowest BCUT2D eigenvalue weighted by Gasteiger charge is -2.35. The molecule has 3 amide bonds. The van der Waals surface area contributed by atoms with Crippen molar-refractivity contribution in [1.82, 2.24) is 5.32 Å². The van der Waals surface area contributed by atoms with Crippen LogP contribution in [0, 0.1) is 0 Å². The Morgan fingerprint density at radius 1 is 1.43 bits per heavy atom. The minimum Gasteiger partial charge on any atom is -0.489 e. The number of primary amides is 1. The van der Waals surface area contributed by atoms with E-state index < -0.39 is 23.9 Å². The summed E-state index contributed by atoms with van der Waals surface area (Å²) in [6.45, 7) is 2.23. The standard InChI is InChI=1S/C13H15N3O5/c1-7(11(17)15-13(14)20)16-5-6-21-10-8(12(18)19)3-2-4-9(10)16/h2-4,7H,5-6H2,1H3,(H,18,19)(H3,14,15,17,20).